The molecule has 3 rings (SSSR count). The van der Waals surface area contributed by atoms with E-state index in [0.717, 1.165) is 45.2 Å². The van der Waals surface area contributed by atoms with Gasteiger partial charge >= 0.3 is 6.03 Å². The van der Waals surface area contributed by atoms with Gasteiger partial charge in [-0.15, -0.1) is 0 Å². The number of Topliss-reactive ketones (excluding diaryl/α,β-unsaturated/α-hetero) is 1. The fourth-order valence-corrected chi connectivity index (χ4v) is 4.63. The normalized spacial score (nSPS) is 25.7. The Hall–Kier alpha value is -1.88. The zero-order valence-electron chi connectivity index (χ0n) is 16.7. The maximum atomic E-state index is 12.7. The van der Waals surface area contributed by atoms with Gasteiger partial charge in [-0.05, 0) is 43.7 Å². The number of nitrogens with zero attached hydrogens (tertiary/aromatic N) is 2. The molecule has 0 spiro atoms. The molecule has 148 valence electrons. The lowest BCUT2D eigenvalue weighted by atomic mass is 9.76. The van der Waals surface area contributed by atoms with Gasteiger partial charge in [0.15, 0.2) is 0 Å². The number of benzene rings is 1. The molecule has 27 heavy (non-hydrogen) atoms. The summed E-state index contributed by atoms with van der Waals surface area (Å²) in [5, 5.41) is 3.23. The van der Waals surface area contributed by atoms with Gasteiger partial charge in [-0.2, -0.15) is 0 Å². The summed E-state index contributed by atoms with van der Waals surface area (Å²) in [4.78, 5) is 28.9. The molecule has 1 saturated carbocycles. The topological polar surface area (TPSA) is 52.7 Å². The number of hydrogen-bond donors (Lipinski definition) is 1. The zero-order chi connectivity index (χ0) is 19.2. The lowest BCUT2D eigenvalue weighted by Crippen LogP contribution is -2.58. The second-order valence-corrected chi connectivity index (χ2v) is 8.14. The van der Waals surface area contributed by atoms with Crippen LogP contribution in [0.25, 0.3) is 0 Å². The minimum Gasteiger partial charge on any atom is -0.334 e. The Kier molecular flexibility index (Phi) is 6.89. The summed E-state index contributed by atoms with van der Waals surface area (Å²) in [7, 11) is 1.86. The highest BCUT2D eigenvalue weighted by Gasteiger charge is 2.39. The predicted octanol–water partition coefficient (Wildman–Crippen LogP) is 3.09. The fourth-order valence-electron chi connectivity index (χ4n) is 4.63. The summed E-state index contributed by atoms with van der Waals surface area (Å²) in [6.45, 7) is 4.85. The summed E-state index contributed by atoms with van der Waals surface area (Å²) in [6.07, 6.45) is 5.28. The van der Waals surface area contributed by atoms with Crippen molar-refractivity contribution >= 4 is 11.8 Å². The maximum absolute atomic E-state index is 12.7. The van der Waals surface area contributed by atoms with E-state index in [0.29, 0.717) is 30.7 Å². The summed E-state index contributed by atoms with van der Waals surface area (Å²) in [5.74, 6) is 0.783. The second kappa shape index (κ2) is 9.36. The molecule has 5 nitrogen and oxygen atoms in total. The molecule has 1 saturated heterocycles. The van der Waals surface area contributed by atoms with Crippen LogP contribution < -0.4 is 5.32 Å². The Labute approximate surface area is 163 Å². The highest BCUT2D eigenvalue weighted by molar-refractivity contribution is 5.79. The number of rotatable bonds is 6. The second-order valence-electron chi connectivity index (χ2n) is 8.14. The van der Waals surface area contributed by atoms with Crippen molar-refractivity contribution in [3.8, 4) is 0 Å². The summed E-state index contributed by atoms with van der Waals surface area (Å²) in [6, 6.07) is 10.9. The van der Waals surface area contributed by atoms with E-state index < -0.39 is 0 Å². The van der Waals surface area contributed by atoms with Crippen molar-refractivity contribution in [2.45, 2.75) is 57.5 Å². The van der Waals surface area contributed by atoms with Crippen molar-refractivity contribution in [3.63, 3.8) is 0 Å². The van der Waals surface area contributed by atoms with Crippen LogP contribution in [0.5, 0.6) is 0 Å². The monoisotopic (exact) mass is 371 g/mol. The third-order valence-electron chi connectivity index (χ3n) is 6.03. The lowest BCUT2D eigenvalue weighted by molar-refractivity contribution is -0.124. The Morgan fingerprint density at radius 3 is 2.81 bits per heavy atom. The van der Waals surface area contributed by atoms with E-state index in [4.69, 9.17) is 0 Å². The fraction of sp³-hybridized carbons (Fsp3) is 0.636. The lowest BCUT2D eigenvalue weighted by Gasteiger charge is -2.47. The number of nitrogens with one attached hydrogen (secondary N) is 1. The smallest absolute Gasteiger partial charge is 0.317 e. The van der Waals surface area contributed by atoms with E-state index in [-0.39, 0.29) is 12.1 Å². The summed E-state index contributed by atoms with van der Waals surface area (Å²) < 4.78 is 0. The van der Waals surface area contributed by atoms with Gasteiger partial charge in [0.2, 0.25) is 0 Å². The van der Waals surface area contributed by atoms with E-state index in [1.165, 1.54) is 5.56 Å². The van der Waals surface area contributed by atoms with Gasteiger partial charge in [0.05, 0.1) is 0 Å². The van der Waals surface area contributed by atoms with Crippen molar-refractivity contribution in [3.05, 3.63) is 35.9 Å². The van der Waals surface area contributed by atoms with E-state index in [1.54, 1.807) is 4.90 Å². The number of likely N-dealkylation sites (N-methyl/N-ethyl adjacent to an activating group) is 1. The van der Waals surface area contributed by atoms with Gasteiger partial charge in [0, 0.05) is 45.1 Å². The first-order chi connectivity index (χ1) is 13.1. The molecule has 0 unspecified atom stereocenters. The molecule has 3 atom stereocenters. The quantitative estimate of drug-likeness (QED) is 0.836. The van der Waals surface area contributed by atoms with Crippen LogP contribution in [0.1, 0.15) is 44.6 Å². The molecule has 2 amide bonds. The first-order valence-corrected chi connectivity index (χ1v) is 10.4. The molecule has 1 N–H and O–H groups in total. The number of carbonyl (C=O) groups excluding carboxylic acids is 2. The molecule has 1 heterocycles. The molecule has 0 aromatic heterocycles. The van der Waals surface area contributed by atoms with Crippen molar-refractivity contribution in [1.82, 2.24) is 15.1 Å². The van der Waals surface area contributed by atoms with Crippen LogP contribution in [0.3, 0.4) is 0 Å². The SMILES string of the molecule is CCCN1C[C@@H](NC(=O)N(C)CCc2ccccc2)C[C@@H]2CC(=O)CC[C@H]21. The number of carbonyl (C=O) groups is 2. The average molecular weight is 372 g/mol. The van der Waals surface area contributed by atoms with Crippen LogP contribution in [0, 0.1) is 5.92 Å². The molecular weight excluding hydrogens is 338 g/mol. The highest BCUT2D eigenvalue weighted by atomic mass is 16.2. The van der Waals surface area contributed by atoms with E-state index in [9.17, 15) is 9.59 Å². The van der Waals surface area contributed by atoms with Gasteiger partial charge in [-0.25, -0.2) is 4.79 Å². The molecule has 2 aliphatic rings. The van der Waals surface area contributed by atoms with Gasteiger partial charge in [-0.3, -0.25) is 9.69 Å². The average Bonchev–Trinajstić information content (AvgIpc) is 2.66. The van der Waals surface area contributed by atoms with Crippen LogP contribution in [-0.4, -0.2) is 60.4 Å². The van der Waals surface area contributed by atoms with E-state index in [2.05, 4.69) is 29.3 Å². The maximum Gasteiger partial charge on any atom is 0.317 e. The number of amides is 2. The summed E-state index contributed by atoms with van der Waals surface area (Å²) >= 11 is 0. The van der Waals surface area contributed by atoms with Crippen LogP contribution in [0.4, 0.5) is 4.79 Å². The van der Waals surface area contributed by atoms with Crippen LogP contribution in [0.2, 0.25) is 0 Å². The van der Waals surface area contributed by atoms with Crippen LogP contribution >= 0.6 is 0 Å². The number of hydrogen-bond acceptors (Lipinski definition) is 3. The standard InChI is InChI=1S/C22H33N3O2/c1-3-12-25-16-19(14-18-15-20(26)9-10-21(18)25)23-22(27)24(2)13-11-17-7-5-4-6-8-17/h4-8,18-19,21H,3,9-16H2,1-2H3,(H,23,27)/t18-,19+,21-/m1/s1. The summed E-state index contributed by atoms with van der Waals surface area (Å²) in [5.41, 5.74) is 1.24. The van der Waals surface area contributed by atoms with Gasteiger partial charge in [-0.1, -0.05) is 37.3 Å². The van der Waals surface area contributed by atoms with Crippen molar-refractivity contribution in [2.75, 3.05) is 26.7 Å². The Morgan fingerprint density at radius 1 is 1.30 bits per heavy atom. The minimum atomic E-state index is -0.00651. The Morgan fingerprint density at radius 2 is 2.07 bits per heavy atom. The number of fused-ring (bicyclic) bond motifs is 1. The number of likely N-dealkylation sites (tertiary alicyclic amines) is 1. The Balaban J connectivity index is 1.53. The third-order valence-corrected chi connectivity index (χ3v) is 6.03. The van der Waals surface area contributed by atoms with Crippen molar-refractivity contribution in [1.29, 1.82) is 0 Å². The molecule has 1 aliphatic heterocycles. The predicted molar refractivity (Wildman–Crippen MR) is 108 cm³/mol. The molecule has 0 radical (unpaired) electrons. The largest absolute Gasteiger partial charge is 0.334 e. The number of ketones is 1. The molecule has 5 heteroatoms. The number of piperidine rings is 1. The van der Waals surface area contributed by atoms with Gasteiger partial charge < -0.3 is 10.2 Å². The first kappa shape index (κ1) is 19.9. The third kappa shape index (κ3) is 5.32. The molecular formula is C22H33N3O2. The molecule has 1 aliphatic carbocycles. The highest BCUT2D eigenvalue weighted by Crippen LogP contribution is 2.34. The minimum absolute atomic E-state index is 0.00651. The van der Waals surface area contributed by atoms with Crippen molar-refractivity contribution < 1.29 is 9.59 Å². The van der Waals surface area contributed by atoms with E-state index in [1.807, 2.05) is 25.2 Å². The molecule has 1 aromatic carbocycles. The van der Waals surface area contributed by atoms with Gasteiger partial charge in [0.25, 0.3) is 0 Å². The molecule has 0 bridgehead atoms. The molecule has 2 fully saturated rings. The number of urea groups is 1. The zero-order valence-corrected chi connectivity index (χ0v) is 16.7. The van der Waals surface area contributed by atoms with Crippen LogP contribution in [0.15, 0.2) is 30.3 Å². The van der Waals surface area contributed by atoms with Crippen molar-refractivity contribution in [2.24, 2.45) is 5.92 Å². The first-order valence-electron chi connectivity index (χ1n) is 10.4. The molecule has 1 aromatic rings. The Bertz CT molecular complexity index is 634. The van der Waals surface area contributed by atoms with Gasteiger partial charge in [0.1, 0.15) is 5.78 Å². The van der Waals surface area contributed by atoms with E-state index >= 15 is 0 Å². The van der Waals surface area contributed by atoms with Crippen LogP contribution in [-0.2, 0) is 11.2 Å².